The predicted octanol–water partition coefficient (Wildman–Crippen LogP) is 5.00. The van der Waals surface area contributed by atoms with E-state index in [0.717, 1.165) is 5.56 Å². The number of rotatable bonds is 11. The van der Waals surface area contributed by atoms with Gasteiger partial charge in [-0.2, -0.15) is 0 Å². The number of anilines is 1. The van der Waals surface area contributed by atoms with Crippen LogP contribution in [0.1, 0.15) is 53.0 Å². The normalized spacial score (nSPS) is 13.4. The van der Waals surface area contributed by atoms with Gasteiger partial charge in [0.2, 0.25) is 15.6 Å². The van der Waals surface area contributed by atoms with Gasteiger partial charge in [0, 0.05) is 5.69 Å². The first-order valence-corrected chi connectivity index (χ1v) is 12.8. The maximum absolute atomic E-state index is 12.6. The zero-order chi connectivity index (χ0) is 28.2. The third-order valence-electron chi connectivity index (χ3n) is 4.63. The lowest BCUT2D eigenvalue weighted by molar-refractivity contribution is -0.148. The summed E-state index contributed by atoms with van der Waals surface area (Å²) in [7, 11) is 0. The lowest BCUT2D eigenvalue weighted by Gasteiger charge is -2.20. The molecule has 0 aliphatic carbocycles. The van der Waals surface area contributed by atoms with Crippen molar-refractivity contribution in [2.75, 3.05) is 18.5 Å². The number of halogens is 3. The van der Waals surface area contributed by atoms with E-state index in [9.17, 15) is 19.2 Å². The highest BCUT2D eigenvalue weighted by molar-refractivity contribution is 6.67. The molecule has 3 amide bonds. The SMILES string of the molecule is CC(CCC=Cc1ccccc1NC(=O)C(C)NC(=O)CNC(=O)OC(C)(C)C)C(=O)OCC(Cl)(Cl)Cl. The van der Waals surface area contributed by atoms with Crippen LogP contribution in [-0.4, -0.2) is 52.5 Å². The first-order valence-electron chi connectivity index (χ1n) is 11.6. The number of alkyl halides is 3. The van der Waals surface area contributed by atoms with Crippen LogP contribution in [0.4, 0.5) is 10.5 Å². The summed E-state index contributed by atoms with van der Waals surface area (Å²) >= 11 is 16.8. The summed E-state index contributed by atoms with van der Waals surface area (Å²) in [5.74, 6) is -1.81. The number of ether oxygens (including phenoxy) is 2. The van der Waals surface area contributed by atoms with Gasteiger partial charge in [-0.3, -0.25) is 14.4 Å². The number of esters is 1. The topological polar surface area (TPSA) is 123 Å². The molecule has 2 unspecified atom stereocenters. The summed E-state index contributed by atoms with van der Waals surface area (Å²) in [6, 6.07) is 6.28. The molecule has 0 bridgehead atoms. The van der Waals surface area contributed by atoms with E-state index in [1.807, 2.05) is 24.3 Å². The van der Waals surface area contributed by atoms with Crippen molar-refractivity contribution >= 4 is 70.4 Å². The number of nitrogens with one attached hydrogen (secondary N) is 3. The molecule has 0 heterocycles. The number of carbonyl (C=O) groups excluding carboxylic acids is 4. The smallest absolute Gasteiger partial charge is 0.408 e. The van der Waals surface area contributed by atoms with Gasteiger partial charge >= 0.3 is 12.1 Å². The second-order valence-electron chi connectivity index (χ2n) is 9.32. The van der Waals surface area contributed by atoms with Gasteiger partial charge in [-0.25, -0.2) is 4.79 Å². The Bertz CT molecular complexity index is 973. The monoisotopic (exact) mass is 577 g/mol. The second kappa shape index (κ2) is 15.1. The number of amides is 3. The van der Waals surface area contributed by atoms with Gasteiger partial charge in [-0.05, 0) is 52.2 Å². The number of hydrogen-bond acceptors (Lipinski definition) is 6. The van der Waals surface area contributed by atoms with E-state index >= 15 is 0 Å². The Morgan fingerprint density at radius 1 is 1.05 bits per heavy atom. The summed E-state index contributed by atoms with van der Waals surface area (Å²) in [5.41, 5.74) is 0.603. The van der Waals surface area contributed by atoms with Crippen molar-refractivity contribution in [3.05, 3.63) is 35.9 Å². The Hall–Kier alpha value is -2.49. The molecule has 0 saturated heterocycles. The standard InChI is InChI=1S/C25H34Cl3N3O6/c1-16(22(34)36-15-25(26,27)28)10-6-7-11-18-12-8-9-13-19(18)31-21(33)17(2)30-20(32)14-29-23(35)37-24(3,4)5/h7-9,11-13,16-17H,6,10,14-15H2,1-5H3,(H,29,35)(H,30,32)(H,31,33). The highest BCUT2D eigenvalue weighted by atomic mass is 35.6. The van der Waals surface area contributed by atoms with Gasteiger partial charge in [0.25, 0.3) is 0 Å². The Kier molecular flexibility index (Phi) is 13.2. The Morgan fingerprint density at radius 2 is 1.70 bits per heavy atom. The van der Waals surface area contributed by atoms with Crippen LogP contribution in [0.2, 0.25) is 0 Å². The molecule has 0 spiro atoms. The highest BCUT2D eigenvalue weighted by Crippen LogP contribution is 2.26. The average Bonchev–Trinajstić information content (AvgIpc) is 2.78. The molecule has 2 atom stereocenters. The number of benzene rings is 1. The van der Waals surface area contributed by atoms with Gasteiger partial charge in [-0.1, -0.05) is 72.1 Å². The minimum absolute atomic E-state index is 0.317. The van der Waals surface area contributed by atoms with E-state index in [4.69, 9.17) is 44.3 Å². The van der Waals surface area contributed by atoms with E-state index in [2.05, 4.69) is 16.0 Å². The molecule has 37 heavy (non-hydrogen) atoms. The molecule has 3 N–H and O–H groups in total. The first-order chi connectivity index (χ1) is 17.1. The minimum Gasteiger partial charge on any atom is -0.461 e. The van der Waals surface area contributed by atoms with Crippen molar-refractivity contribution in [3.63, 3.8) is 0 Å². The van der Waals surface area contributed by atoms with E-state index in [1.165, 1.54) is 6.92 Å². The van der Waals surface area contributed by atoms with Crippen LogP contribution >= 0.6 is 34.8 Å². The number of alkyl carbamates (subject to hydrolysis) is 1. The summed E-state index contributed by atoms with van der Waals surface area (Å²) in [4.78, 5) is 48.3. The second-order valence-corrected chi connectivity index (χ2v) is 11.8. The highest BCUT2D eigenvalue weighted by Gasteiger charge is 2.24. The lowest BCUT2D eigenvalue weighted by atomic mass is 10.0. The van der Waals surface area contributed by atoms with Crippen LogP contribution in [0.25, 0.3) is 6.08 Å². The maximum Gasteiger partial charge on any atom is 0.408 e. The van der Waals surface area contributed by atoms with Gasteiger partial charge in [-0.15, -0.1) is 0 Å². The first kappa shape index (κ1) is 32.5. The minimum atomic E-state index is -1.65. The van der Waals surface area contributed by atoms with Crippen LogP contribution in [-0.2, 0) is 23.9 Å². The van der Waals surface area contributed by atoms with Gasteiger partial charge in [0.05, 0.1) is 5.92 Å². The molecule has 0 saturated carbocycles. The molecule has 0 aliphatic rings. The summed E-state index contributed by atoms with van der Waals surface area (Å²) in [6.07, 6.45) is 4.06. The number of allylic oxidation sites excluding steroid dienone is 1. The fraction of sp³-hybridized carbons (Fsp3) is 0.520. The van der Waals surface area contributed by atoms with Crippen LogP contribution < -0.4 is 16.0 Å². The molecule has 0 fully saturated rings. The fourth-order valence-corrected chi connectivity index (χ4v) is 2.96. The van der Waals surface area contributed by atoms with E-state index in [0.29, 0.717) is 18.5 Å². The van der Waals surface area contributed by atoms with Crippen molar-refractivity contribution in [2.24, 2.45) is 5.92 Å². The molecule has 9 nitrogen and oxygen atoms in total. The molecule has 1 rings (SSSR count). The van der Waals surface area contributed by atoms with Crippen LogP contribution in [0.15, 0.2) is 30.3 Å². The summed E-state index contributed by atoms with van der Waals surface area (Å²) < 4.78 is 8.39. The maximum atomic E-state index is 12.6. The Labute approximate surface area is 232 Å². The van der Waals surface area contributed by atoms with Crippen molar-refractivity contribution in [3.8, 4) is 0 Å². The van der Waals surface area contributed by atoms with Crippen molar-refractivity contribution in [1.82, 2.24) is 10.6 Å². The van der Waals surface area contributed by atoms with Crippen molar-refractivity contribution in [2.45, 2.75) is 62.9 Å². The molecule has 1 aromatic rings. The summed E-state index contributed by atoms with van der Waals surface area (Å²) in [5, 5.41) is 7.64. The number of hydrogen-bond donors (Lipinski definition) is 3. The van der Waals surface area contributed by atoms with Crippen LogP contribution in [0.3, 0.4) is 0 Å². The van der Waals surface area contributed by atoms with Crippen molar-refractivity contribution in [1.29, 1.82) is 0 Å². The third kappa shape index (κ3) is 14.7. The molecule has 0 aliphatic heterocycles. The molecule has 12 heteroatoms. The van der Waals surface area contributed by atoms with Gasteiger partial charge in [0.15, 0.2) is 0 Å². The largest absolute Gasteiger partial charge is 0.461 e. The average molecular weight is 579 g/mol. The Morgan fingerprint density at radius 3 is 2.32 bits per heavy atom. The Balaban J connectivity index is 2.57. The zero-order valence-electron chi connectivity index (χ0n) is 21.5. The van der Waals surface area contributed by atoms with E-state index in [1.54, 1.807) is 39.8 Å². The molecule has 0 aromatic heterocycles. The van der Waals surface area contributed by atoms with Crippen LogP contribution in [0, 0.1) is 5.92 Å². The van der Waals surface area contributed by atoms with Gasteiger partial charge in [0.1, 0.15) is 24.8 Å². The van der Waals surface area contributed by atoms with Crippen LogP contribution in [0.5, 0.6) is 0 Å². The van der Waals surface area contributed by atoms with Crippen molar-refractivity contribution < 1.29 is 28.7 Å². The van der Waals surface area contributed by atoms with Gasteiger partial charge < -0.3 is 25.4 Å². The quantitative estimate of drug-likeness (QED) is 0.251. The predicted molar refractivity (Wildman–Crippen MR) is 146 cm³/mol. The third-order valence-corrected chi connectivity index (χ3v) is 4.95. The molecule has 1 aromatic carbocycles. The molecular formula is C25H34Cl3N3O6. The fourth-order valence-electron chi connectivity index (χ4n) is 2.79. The molecule has 0 radical (unpaired) electrons. The van der Waals surface area contributed by atoms with E-state index < -0.39 is 39.3 Å². The zero-order valence-corrected chi connectivity index (χ0v) is 23.8. The lowest BCUT2D eigenvalue weighted by Crippen LogP contribution is -2.46. The molecule has 206 valence electrons. The van der Waals surface area contributed by atoms with E-state index in [-0.39, 0.29) is 19.1 Å². The number of carbonyl (C=O) groups is 4. The molecular weight excluding hydrogens is 545 g/mol. The number of para-hydroxylation sites is 1. The summed E-state index contributed by atoms with van der Waals surface area (Å²) in [6.45, 7) is 7.73.